The van der Waals surface area contributed by atoms with E-state index in [1.807, 2.05) is 0 Å². The molecule has 13 heteroatoms. The number of aliphatic imine (C=N–C) groups is 1. The molecule has 0 spiro atoms. The first-order valence-electron chi connectivity index (χ1n) is 10.2. The van der Waals surface area contributed by atoms with Gasteiger partial charge in [-0.2, -0.15) is 0 Å². The number of hydrogen-bond donors (Lipinski definition) is 8. The summed E-state index contributed by atoms with van der Waals surface area (Å²) in [6.07, 6.45) is 0.772. The Labute approximate surface area is 190 Å². The van der Waals surface area contributed by atoms with E-state index in [4.69, 9.17) is 22.3 Å². The van der Waals surface area contributed by atoms with Crippen LogP contribution in [0.15, 0.2) is 29.3 Å². The molecule has 0 aromatic heterocycles. The monoisotopic (exact) mass is 465 g/mol. The average Bonchev–Trinajstić information content (AvgIpc) is 2.75. The smallest absolute Gasteiger partial charge is 0.322 e. The average molecular weight is 466 g/mol. The number of carboxylic acid groups (broad SMARTS) is 1. The molecule has 0 saturated carbocycles. The molecule has 3 unspecified atom stereocenters. The Kier molecular flexibility index (Phi) is 11.1. The summed E-state index contributed by atoms with van der Waals surface area (Å²) < 4.78 is 0. The normalized spacial score (nSPS) is 13.2. The Morgan fingerprint density at radius 1 is 1.03 bits per heavy atom. The number of aromatic hydroxyl groups is 1. The predicted molar refractivity (Wildman–Crippen MR) is 120 cm³/mol. The number of carbonyl (C=O) groups excluding carboxylic acids is 3. The van der Waals surface area contributed by atoms with Crippen molar-refractivity contribution in [2.45, 2.75) is 44.3 Å². The van der Waals surface area contributed by atoms with Crippen molar-refractivity contribution >= 4 is 29.7 Å². The summed E-state index contributed by atoms with van der Waals surface area (Å²) in [7, 11) is 0. The molecule has 0 saturated heterocycles. The van der Waals surface area contributed by atoms with Crippen LogP contribution >= 0.6 is 0 Å². The van der Waals surface area contributed by atoms with Crippen molar-refractivity contribution in [3.8, 4) is 5.75 Å². The quantitative estimate of drug-likeness (QED) is 0.0872. The van der Waals surface area contributed by atoms with Crippen molar-refractivity contribution in [3.63, 3.8) is 0 Å². The van der Waals surface area contributed by atoms with Crippen molar-refractivity contribution in [2.24, 2.45) is 22.2 Å². The highest BCUT2D eigenvalue weighted by Crippen LogP contribution is 2.12. The van der Waals surface area contributed by atoms with Gasteiger partial charge in [0.15, 0.2) is 5.96 Å². The molecule has 0 aliphatic carbocycles. The minimum Gasteiger partial charge on any atom is -0.508 e. The molecular weight excluding hydrogens is 434 g/mol. The minimum absolute atomic E-state index is 0.0373. The molecule has 33 heavy (non-hydrogen) atoms. The zero-order valence-electron chi connectivity index (χ0n) is 18.3. The molecule has 3 amide bonds. The first-order valence-corrected chi connectivity index (χ1v) is 10.2. The highest BCUT2D eigenvalue weighted by molar-refractivity contribution is 5.93. The SMILES string of the molecule is CC(NC(=O)C(Cc1ccc(O)cc1)NC(=O)C(N)CCCN=C(N)N)C(=O)NCC(=O)O. The van der Waals surface area contributed by atoms with Gasteiger partial charge in [-0.25, -0.2) is 0 Å². The lowest BCUT2D eigenvalue weighted by atomic mass is 10.0. The zero-order valence-corrected chi connectivity index (χ0v) is 18.3. The number of benzene rings is 1. The van der Waals surface area contributed by atoms with E-state index < -0.39 is 48.4 Å². The van der Waals surface area contributed by atoms with Crippen LogP contribution in [0.3, 0.4) is 0 Å². The molecule has 1 rings (SSSR count). The second-order valence-electron chi connectivity index (χ2n) is 7.33. The predicted octanol–water partition coefficient (Wildman–Crippen LogP) is -2.49. The van der Waals surface area contributed by atoms with Crippen LogP contribution < -0.4 is 33.2 Å². The molecule has 182 valence electrons. The molecule has 13 nitrogen and oxygen atoms in total. The van der Waals surface area contributed by atoms with Crippen LogP contribution in [-0.2, 0) is 25.6 Å². The summed E-state index contributed by atoms with van der Waals surface area (Å²) in [6, 6.07) is 2.97. The Balaban J connectivity index is 2.83. The molecule has 11 N–H and O–H groups in total. The van der Waals surface area contributed by atoms with Gasteiger partial charge in [0.1, 0.15) is 24.4 Å². The molecule has 0 radical (unpaired) electrons. The van der Waals surface area contributed by atoms with Gasteiger partial charge in [-0.3, -0.25) is 24.2 Å². The number of nitrogens with zero attached hydrogens (tertiary/aromatic N) is 1. The van der Waals surface area contributed by atoms with Gasteiger partial charge in [0.25, 0.3) is 0 Å². The van der Waals surface area contributed by atoms with Gasteiger partial charge in [-0.05, 0) is 37.5 Å². The number of amides is 3. The first-order chi connectivity index (χ1) is 15.5. The Hall–Kier alpha value is -3.87. The fourth-order valence-corrected chi connectivity index (χ4v) is 2.70. The molecule has 1 aromatic rings. The molecular formula is C20H31N7O6. The highest BCUT2D eigenvalue weighted by Gasteiger charge is 2.26. The van der Waals surface area contributed by atoms with E-state index in [-0.39, 0.29) is 24.6 Å². The molecule has 0 aliphatic rings. The summed E-state index contributed by atoms with van der Waals surface area (Å²) in [6.45, 7) is 1.08. The van der Waals surface area contributed by atoms with Crippen molar-refractivity contribution in [1.29, 1.82) is 0 Å². The molecule has 0 aliphatic heterocycles. The van der Waals surface area contributed by atoms with Crippen molar-refractivity contribution in [2.75, 3.05) is 13.1 Å². The van der Waals surface area contributed by atoms with Crippen molar-refractivity contribution in [1.82, 2.24) is 16.0 Å². The maximum absolute atomic E-state index is 12.8. The summed E-state index contributed by atoms with van der Waals surface area (Å²) >= 11 is 0. The lowest BCUT2D eigenvalue weighted by molar-refractivity contribution is -0.138. The lowest BCUT2D eigenvalue weighted by Crippen LogP contribution is -2.56. The number of hydrogen-bond acceptors (Lipinski definition) is 7. The number of phenols is 1. The van der Waals surface area contributed by atoms with Gasteiger partial charge < -0.3 is 43.4 Å². The summed E-state index contributed by atoms with van der Waals surface area (Å²) in [5.74, 6) is -3.20. The fraction of sp³-hybridized carbons (Fsp3) is 0.450. The third-order valence-electron chi connectivity index (χ3n) is 4.48. The van der Waals surface area contributed by atoms with E-state index in [1.165, 1.54) is 19.1 Å². The third-order valence-corrected chi connectivity index (χ3v) is 4.48. The second-order valence-corrected chi connectivity index (χ2v) is 7.33. The molecule has 3 atom stereocenters. The third kappa shape index (κ3) is 10.8. The number of carboxylic acids is 1. The van der Waals surface area contributed by atoms with Gasteiger partial charge in [-0.1, -0.05) is 12.1 Å². The number of nitrogens with two attached hydrogens (primary N) is 3. The Bertz CT molecular complexity index is 855. The maximum atomic E-state index is 12.8. The Morgan fingerprint density at radius 3 is 2.24 bits per heavy atom. The van der Waals surface area contributed by atoms with E-state index in [0.717, 1.165) is 0 Å². The number of aliphatic carboxylic acids is 1. The van der Waals surface area contributed by atoms with Crippen molar-refractivity contribution < 1.29 is 29.4 Å². The Morgan fingerprint density at radius 2 is 1.67 bits per heavy atom. The van der Waals surface area contributed by atoms with Gasteiger partial charge in [-0.15, -0.1) is 0 Å². The highest BCUT2D eigenvalue weighted by atomic mass is 16.4. The van der Waals surface area contributed by atoms with E-state index in [9.17, 15) is 24.3 Å². The maximum Gasteiger partial charge on any atom is 0.322 e. The number of phenolic OH excluding ortho intramolecular Hbond substituents is 1. The topological polar surface area (TPSA) is 235 Å². The fourth-order valence-electron chi connectivity index (χ4n) is 2.70. The number of carbonyl (C=O) groups is 4. The van der Waals surface area contributed by atoms with E-state index >= 15 is 0 Å². The minimum atomic E-state index is -1.23. The first kappa shape index (κ1) is 27.2. The molecule has 1 aromatic carbocycles. The van der Waals surface area contributed by atoms with E-state index in [0.29, 0.717) is 18.5 Å². The van der Waals surface area contributed by atoms with Crippen LogP contribution in [0.2, 0.25) is 0 Å². The van der Waals surface area contributed by atoms with Crippen LogP contribution in [0.4, 0.5) is 0 Å². The summed E-state index contributed by atoms with van der Waals surface area (Å²) in [4.78, 5) is 51.7. The summed E-state index contributed by atoms with van der Waals surface area (Å²) in [5.41, 5.74) is 17.0. The number of guanidine groups is 1. The van der Waals surface area contributed by atoms with Crippen LogP contribution in [-0.4, -0.2) is 71.1 Å². The van der Waals surface area contributed by atoms with Crippen LogP contribution in [0.25, 0.3) is 0 Å². The number of nitrogens with one attached hydrogen (secondary N) is 3. The second kappa shape index (κ2) is 13.5. The van der Waals surface area contributed by atoms with Gasteiger partial charge in [0.05, 0.1) is 6.04 Å². The summed E-state index contributed by atoms with van der Waals surface area (Å²) in [5, 5.41) is 25.3. The van der Waals surface area contributed by atoms with Crippen LogP contribution in [0.5, 0.6) is 5.75 Å². The molecule has 0 fully saturated rings. The lowest BCUT2D eigenvalue weighted by Gasteiger charge is -2.23. The van der Waals surface area contributed by atoms with Crippen LogP contribution in [0.1, 0.15) is 25.3 Å². The van der Waals surface area contributed by atoms with Gasteiger partial charge in [0, 0.05) is 13.0 Å². The molecule has 0 bridgehead atoms. The van der Waals surface area contributed by atoms with Crippen LogP contribution in [0, 0.1) is 0 Å². The van der Waals surface area contributed by atoms with Crippen molar-refractivity contribution in [3.05, 3.63) is 29.8 Å². The van der Waals surface area contributed by atoms with Gasteiger partial charge in [0.2, 0.25) is 17.7 Å². The number of rotatable bonds is 13. The standard InChI is InChI=1S/C20H31N7O6/c1-11(17(31)25-10-16(29)30)26-19(33)15(9-12-4-6-13(28)7-5-12)27-18(32)14(21)3-2-8-24-20(22)23/h4-7,11,14-15,28H,2-3,8-10,21H2,1H3,(H,25,31)(H,26,33)(H,27,32)(H,29,30)(H4,22,23,24). The van der Waals surface area contributed by atoms with Gasteiger partial charge >= 0.3 is 5.97 Å². The molecule has 0 heterocycles. The van der Waals surface area contributed by atoms with E-state index in [1.54, 1.807) is 12.1 Å². The largest absolute Gasteiger partial charge is 0.508 e. The zero-order chi connectivity index (χ0) is 25.0. The van der Waals surface area contributed by atoms with E-state index in [2.05, 4.69) is 20.9 Å².